The van der Waals surface area contributed by atoms with E-state index in [0.29, 0.717) is 0 Å². The van der Waals surface area contributed by atoms with E-state index in [2.05, 4.69) is 10.1 Å². The monoisotopic (exact) mass is 235 g/mol. The third-order valence-corrected chi connectivity index (χ3v) is 2.82. The number of imidazole rings is 1. The normalized spacial score (nSPS) is 11.4. The van der Waals surface area contributed by atoms with Gasteiger partial charge in [0.05, 0.1) is 17.2 Å². The fourth-order valence-electron chi connectivity index (χ4n) is 1.94. The molecular weight excluding hydrogens is 222 g/mol. The molecule has 3 aromatic rings. The minimum atomic E-state index is 0.892. The topological polar surface area (TPSA) is 30.2 Å². The molecule has 3 nitrogen and oxygen atoms in total. The van der Waals surface area contributed by atoms with Crippen molar-refractivity contribution in [1.82, 2.24) is 9.66 Å². The summed E-state index contributed by atoms with van der Waals surface area (Å²) in [5.74, 6) is 0.892. The molecule has 0 aliphatic carbocycles. The van der Waals surface area contributed by atoms with Crippen LogP contribution in [0.1, 0.15) is 11.4 Å². The number of aromatic nitrogens is 2. The van der Waals surface area contributed by atoms with Crippen molar-refractivity contribution < 1.29 is 0 Å². The van der Waals surface area contributed by atoms with Crippen molar-refractivity contribution in [3.05, 3.63) is 66.0 Å². The first-order valence-electron chi connectivity index (χ1n) is 5.88. The van der Waals surface area contributed by atoms with Gasteiger partial charge < -0.3 is 0 Å². The number of aryl methyl sites for hydroxylation is 1. The molecule has 0 spiro atoms. The van der Waals surface area contributed by atoms with Gasteiger partial charge in [-0.3, -0.25) is 0 Å². The molecule has 0 aliphatic rings. The minimum Gasteiger partial charge on any atom is -0.232 e. The fourth-order valence-corrected chi connectivity index (χ4v) is 1.94. The maximum absolute atomic E-state index is 4.49. The molecule has 0 N–H and O–H groups in total. The van der Waals surface area contributed by atoms with Gasteiger partial charge in [-0.15, -0.1) is 0 Å². The summed E-state index contributed by atoms with van der Waals surface area (Å²) >= 11 is 0. The molecule has 1 aromatic heterocycles. The van der Waals surface area contributed by atoms with Crippen LogP contribution < -0.4 is 0 Å². The summed E-state index contributed by atoms with van der Waals surface area (Å²) in [5.41, 5.74) is 3.08. The molecule has 2 aromatic carbocycles. The third kappa shape index (κ3) is 1.91. The van der Waals surface area contributed by atoms with Gasteiger partial charge in [-0.2, -0.15) is 5.10 Å². The highest BCUT2D eigenvalue weighted by molar-refractivity contribution is 5.81. The molecule has 0 saturated carbocycles. The molecule has 0 unspecified atom stereocenters. The largest absolute Gasteiger partial charge is 0.232 e. The standard InChI is InChI=1S/C15H13N3/c1-12-17-14-9-5-6-10-15(14)18(12)16-11-13-7-3-2-4-8-13/h2-11H,1H3/b16-11+. The summed E-state index contributed by atoms with van der Waals surface area (Å²) in [6.07, 6.45) is 1.85. The number of hydrogen-bond donors (Lipinski definition) is 0. The smallest absolute Gasteiger partial charge is 0.128 e. The first-order valence-corrected chi connectivity index (χ1v) is 5.88. The lowest BCUT2D eigenvalue weighted by Crippen LogP contribution is -1.93. The van der Waals surface area contributed by atoms with Crippen LogP contribution >= 0.6 is 0 Å². The number of para-hydroxylation sites is 2. The van der Waals surface area contributed by atoms with Gasteiger partial charge >= 0.3 is 0 Å². The molecule has 0 radical (unpaired) electrons. The average molecular weight is 235 g/mol. The van der Waals surface area contributed by atoms with Crippen molar-refractivity contribution in [2.45, 2.75) is 6.92 Å². The number of nitrogens with zero attached hydrogens (tertiary/aromatic N) is 3. The molecule has 18 heavy (non-hydrogen) atoms. The van der Waals surface area contributed by atoms with E-state index in [1.54, 1.807) is 0 Å². The second kappa shape index (κ2) is 4.45. The lowest BCUT2D eigenvalue weighted by molar-refractivity contribution is 0.859. The van der Waals surface area contributed by atoms with Crippen molar-refractivity contribution >= 4 is 17.2 Å². The second-order valence-electron chi connectivity index (χ2n) is 4.11. The van der Waals surface area contributed by atoms with Crippen LogP contribution in [0.15, 0.2) is 59.7 Å². The van der Waals surface area contributed by atoms with E-state index in [1.807, 2.05) is 72.4 Å². The van der Waals surface area contributed by atoms with E-state index in [9.17, 15) is 0 Å². The molecule has 0 saturated heterocycles. The Hall–Kier alpha value is -2.42. The van der Waals surface area contributed by atoms with E-state index < -0.39 is 0 Å². The van der Waals surface area contributed by atoms with E-state index in [-0.39, 0.29) is 0 Å². The predicted molar refractivity (Wildman–Crippen MR) is 73.9 cm³/mol. The van der Waals surface area contributed by atoms with Gasteiger partial charge in [0.1, 0.15) is 5.82 Å². The van der Waals surface area contributed by atoms with Crippen molar-refractivity contribution in [1.29, 1.82) is 0 Å². The highest BCUT2D eigenvalue weighted by atomic mass is 15.4. The highest BCUT2D eigenvalue weighted by Crippen LogP contribution is 2.14. The van der Waals surface area contributed by atoms with Gasteiger partial charge in [0.15, 0.2) is 0 Å². The molecule has 3 heteroatoms. The van der Waals surface area contributed by atoms with Crippen molar-refractivity contribution in [3.8, 4) is 0 Å². The summed E-state index contributed by atoms with van der Waals surface area (Å²) in [7, 11) is 0. The molecule has 88 valence electrons. The Kier molecular flexibility index (Phi) is 2.65. The molecule has 0 atom stereocenters. The number of fused-ring (bicyclic) bond motifs is 1. The van der Waals surface area contributed by atoms with Gasteiger partial charge in [0, 0.05) is 0 Å². The Morgan fingerprint density at radius 2 is 1.72 bits per heavy atom. The Morgan fingerprint density at radius 1 is 1.00 bits per heavy atom. The molecule has 1 heterocycles. The first-order chi connectivity index (χ1) is 8.84. The summed E-state index contributed by atoms with van der Waals surface area (Å²) in [6, 6.07) is 18.1. The quantitative estimate of drug-likeness (QED) is 0.627. The highest BCUT2D eigenvalue weighted by Gasteiger charge is 2.04. The number of benzene rings is 2. The van der Waals surface area contributed by atoms with Crippen LogP contribution in [0.3, 0.4) is 0 Å². The van der Waals surface area contributed by atoms with E-state index in [0.717, 1.165) is 22.4 Å². The van der Waals surface area contributed by atoms with Crippen LogP contribution in [0.5, 0.6) is 0 Å². The molecule has 0 aliphatic heterocycles. The van der Waals surface area contributed by atoms with Gasteiger partial charge in [-0.05, 0) is 24.6 Å². The predicted octanol–water partition coefficient (Wildman–Crippen LogP) is 3.23. The van der Waals surface area contributed by atoms with E-state index in [1.165, 1.54) is 0 Å². The van der Waals surface area contributed by atoms with Gasteiger partial charge in [-0.25, -0.2) is 9.66 Å². The molecule has 0 amide bonds. The van der Waals surface area contributed by atoms with Crippen LogP contribution in [-0.2, 0) is 0 Å². The average Bonchev–Trinajstić information content (AvgIpc) is 2.73. The maximum Gasteiger partial charge on any atom is 0.128 e. The molecule has 0 fully saturated rings. The number of rotatable bonds is 2. The van der Waals surface area contributed by atoms with E-state index >= 15 is 0 Å². The molecule has 0 bridgehead atoms. The van der Waals surface area contributed by atoms with Crippen LogP contribution in [0.25, 0.3) is 11.0 Å². The minimum absolute atomic E-state index is 0.892. The summed E-state index contributed by atoms with van der Waals surface area (Å²) in [5, 5.41) is 4.49. The second-order valence-corrected chi connectivity index (χ2v) is 4.11. The van der Waals surface area contributed by atoms with Crippen molar-refractivity contribution in [2.75, 3.05) is 0 Å². The summed E-state index contributed by atoms with van der Waals surface area (Å²) in [6.45, 7) is 1.96. The van der Waals surface area contributed by atoms with Gasteiger partial charge in [0.2, 0.25) is 0 Å². The lowest BCUT2D eigenvalue weighted by Gasteiger charge is -1.98. The summed E-state index contributed by atoms with van der Waals surface area (Å²) < 4.78 is 1.86. The zero-order valence-electron chi connectivity index (χ0n) is 10.1. The zero-order chi connectivity index (χ0) is 12.4. The zero-order valence-corrected chi connectivity index (χ0v) is 10.1. The maximum atomic E-state index is 4.49. The Labute approximate surface area is 105 Å². The van der Waals surface area contributed by atoms with Gasteiger partial charge in [-0.1, -0.05) is 42.5 Å². The van der Waals surface area contributed by atoms with E-state index in [4.69, 9.17) is 0 Å². The third-order valence-electron chi connectivity index (χ3n) is 2.82. The van der Waals surface area contributed by atoms with Crippen molar-refractivity contribution in [2.24, 2.45) is 5.10 Å². The number of hydrogen-bond acceptors (Lipinski definition) is 2. The van der Waals surface area contributed by atoms with Crippen LogP contribution in [0.4, 0.5) is 0 Å². The van der Waals surface area contributed by atoms with Crippen molar-refractivity contribution in [3.63, 3.8) is 0 Å². The fraction of sp³-hybridized carbons (Fsp3) is 0.0667. The Bertz CT molecular complexity index is 696. The molecular formula is C15H13N3. The SMILES string of the molecule is Cc1nc2ccccc2n1/N=C/c1ccccc1. The Morgan fingerprint density at radius 3 is 2.56 bits per heavy atom. The van der Waals surface area contributed by atoms with Crippen LogP contribution in [0.2, 0.25) is 0 Å². The lowest BCUT2D eigenvalue weighted by atomic mass is 10.2. The first kappa shape index (κ1) is 10.7. The Balaban J connectivity index is 2.05. The summed E-state index contributed by atoms with van der Waals surface area (Å²) in [4.78, 5) is 4.47. The molecule has 3 rings (SSSR count). The van der Waals surface area contributed by atoms with Gasteiger partial charge in [0.25, 0.3) is 0 Å². The van der Waals surface area contributed by atoms with Crippen LogP contribution in [0, 0.1) is 6.92 Å². The van der Waals surface area contributed by atoms with Crippen LogP contribution in [-0.4, -0.2) is 15.9 Å².